The Morgan fingerprint density at radius 2 is 1.65 bits per heavy atom. The van der Waals surface area contributed by atoms with Crippen LogP contribution in [0.2, 0.25) is 0 Å². The number of nitrogens with one attached hydrogen (secondary N) is 3. The van der Waals surface area contributed by atoms with Gasteiger partial charge in [-0.3, -0.25) is 14.5 Å². The van der Waals surface area contributed by atoms with Crippen LogP contribution in [-0.4, -0.2) is 60.5 Å². The summed E-state index contributed by atoms with van der Waals surface area (Å²) in [5, 5.41) is 8.88. The van der Waals surface area contributed by atoms with Gasteiger partial charge in [0.25, 0.3) is 0 Å². The predicted molar refractivity (Wildman–Crippen MR) is 79.4 cm³/mol. The normalized spacial score (nSPS) is 18.7. The fourth-order valence-corrected chi connectivity index (χ4v) is 2.22. The number of rotatable bonds is 5. The highest BCUT2D eigenvalue weighted by molar-refractivity contribution is 5.91. The van der Waals surface area contributed by atoms with Gasteiger partial charge in [-0.1, -0.05) is 0 Å². The summed E-state index contributed by atoms with van der Waals surface area (Å²) in [6, 6.07) is -0.449. The Labute approximate surface area is 121 Å². The summed E-state index contributed by atoms with van der Waals surface area (Å²) in [4.78, 5) is 26.4. The Morgan fingerprint density at radius 3 is 2.15 bits per heavy atom. The minimum Gasteiger partial charge on any atom is -0.352 e. The standard InChI is InChI=1S/C14H28N4O2/c1-10(2)16-12(19)11(3)17-13(20)14(4,5)18-8-6-15-7-9-18/h10-11,15H,6-9H2,1-5H3,(H,16,19)(H,17,20). The van der Waals surface area contributed by atoms with E-state index in [1.807, 2.05) is 27.7 Å². The Morgan fingerprint density at radius 1 is 1.10 bits per heavy atom. The van der Waals surface area contributed by atoms with Gasteiger partial charge in [0.15, 0.2) is 0 Å². The zero-order chi connectivity index (χ0) is 15.3. The average Bonchev–Trinajstić information content (AvgIpc) is 2.38. The maximum absolute atomic E-state index is 12.4. The van der Waals surface area contributed by atoms with Crippen molar-refractivity contribution in [2.45, 2.75) is 52.2 Å². The van der Waals surface area contributed by atoms with Crippen LogP contribution >= 0.6 is 0 Å². The third-order valence-corrected chi connectivity index (χ3v) is 3.64. The van der Waals surface area contributed by atoms with Gasteiger partial charge in [0.2, 0.25) is 11.8 Å². The molecule has 1 atom stereocenters. The first-order valence-corrected chi connectivity index (χ1v) is 7.32. The number of piperazine rings is 1. The summed E-state index contributed by atoms with van der Waals surface area (Å²) in [5.41, 5.74) is -0.603. The molecular weight excluding hydrogens is 256 g/mol. The van der Waals surface area contributed by atoms with Crippen molar-refractivity contribution in [2.24, 2.45) is 0 Å². The third kappa shape index (κ3) is 4.45. The molecule has 0 radical (unpaired) electrons. The van der Waals surface area contributed by atoms with Crippen LogP contribution < -0.4 is 16.0 Å². The minimum atomic E-state index is -0.603. The molecule has 0 saturated carbocycles. The molecule has 0 aromatic heterocycles. The molecule has 1 heterocycles. The molecule has 0 aliphatic carbocycles. The largest absolute Gasteiger partial charge is 0.352 e. The zero-order valence-electron chi connectivity index (χ0n) is 13.2. The Kier molecular flexibility index (Phi) is 5.95. The van der Waals surface area contributed by atoms with E-state index < -0.39 is 11.6 Å². The van der Waals surface area contributed by atoms with E-state index in [2.05, 4.69) is 20.9 Å². The zero-order valence-corrected chi connectivity index (χ0v) is 13.2. The number of amides is 2. The fraction of sp³-hybridized carbons (Fsp3) is 0.857. The van der Waals surface area contributed by atoms with Gasteiger partial charge in [-0.05, 0) is 34.6 Å². The molecule has 2 amide bonds. The van der Waals surface area contributed by atoms with E-state index in [9.17, 15) is 9.59 Å². The van der Waals surface area contributed by atoms with Crippen LogP contribution in [0, 0.1) is 0 Å². The summed E-state index contributed by atoms with van der Waals surface area (Å²) in [7, 11) is 0. The average molecular weight is 284 g/mol. The van der Waals surface area contributed by atoms with Crippen molar-refractivity contribution in [1.29, 1.82) is 0 Å². The molecule has 1 unspecified atom stereocenters. The summed E-state index contributed by atoms with van der Waals surface area (Å²) in [6.07, 6.45) is 0. The molecular formula is C14H28N4O2. The SMILES string of the molecule is CC(C)NC(=O)C(C)NC(=O)C(C)(C)N1CCNCC1. The van der Waals surface area contributed by atoms with Crippen LogP contribution in [-0.2, 0) is 9.59 Å². The lowest BCUT2D eigenvalue weighted by molar-refractivity contribution is -0.136. The van der Waals surface area contributed by atoms with E-state index in [-0.39, 0.29) is 17.9 Å². The van der Waals surface area contributed by atoms with Crippen molar-refractivity contribution in [3.63, 3.8) is 0 Å². The minimum absolute atomic E-state index is 0.0723. The van der Waals surface area contributed by atoms with Crippen LogP contribution in [0.1, 0.15) is 34.6 Å². The molecule has 6 heteroatoms. The lowest BCUT2D eigenvalue weighted by atomic mass is 10.00. The van der Waals surface area contributed by atoms with Crippen molar-refractivity contribution in [3.05, 3.63) is 0 Å². The molecule has 1 aliphatic rings. The van der Waals surface area contributed by atoms with Crippen molar-refractivity contribution in [1.82, 2.24) is 20.9 Å². The Bertz CT molecular complexity index is 349. The number of carbonyl (C=O) groups excluding carboxylic acids is 2. The summed E-state index contributed by atoms with van der Waals surface area (Å²) >= 11 is 0. The number of hydrogen-bond acceptors (Lipinski definition) is 4. The molecule has 1 aliphatic heterocycles. The maximum Gasteiger partial charge on any atom is 0.242 e. The second kappa shape index (κ2) is 7.04. The first-order valence-electron chi connectivity index (χ1n) is 7.32. The van der Waals surface area contributed by atoms with E-state index in [0.717, 1.165) is 26.2 Å². The molecule has 1 saturated heterocycles. The van der Waals surface area contributed by atoms with Crippen molar-refractivity contribution in [2.75, 3.05) is 26.2 Å². The molecule has 1 fully saturated rings. The first-order chi connectivity index (χ1) is 9.25. The third-order valence-electron chi connectivity index (χ3n) is 3.64. The van der Waals surface area contributed by atoms with Gasteiger partial charge < -0.3 is 16.0 Å². The second-order valence-corrected chi connectivity index (χ2v) is 6.15. The van der Waals surface area contributed by atoms with Crippen LogP contribution in [0.5, 0.6) is 0 Å². The highest BCUT2D eigenvalue weighted by Crippen LogP contribution is 2.15. The smallest absolute Gasteiger partial charge is 0.242 e. The molecule has 116 valence electrons. The van der Waals surface area contributed by atoms with Gasteiger partial charge >= 0.3 is 0 Å². The molecule has 0 bridgehead atoms. The lowest BCUT2D eigenvalue weighted by Crippen LogP contribution is -2.62. The predicted octanol–water partition coefficient (Wildman–Crippen LogP) is -0.300. The van der Waals surface area contributed by atoms with E-state index >= 15 is 0 Å². The fourth-order valence-electron chi connectivity index (χ4n) is 2.22. The van der Waals surface area contributed by atoms with Gasteiger partial charge in [0.05, 0.1) is 5.54 Å². The highest BCUT2D eigenvalue weighted by Gasteiger charge is 2.36. The monoisotopic (exact) mass is 284 g/mol. The van der Waals surface area contributed by atoms with Crippen LogP contribution in [0.3, 0.4) is 0 Å². The molecule has 3 N–H and O–H groups in total. The topological polar surface area (TPSA) is 73.5 Å². The number of hydrogen-bond donors (Lipinski definition) is 3. The Hall–Kier alpha value is -1.14. The molecule has 1 rings (SSSR count). The second-order valence-electron chi connectivity index (χ2n) is 6.15. The van der Waals surface area contributed by atoms with Crippen molar-refractivity contribution in [3.8, 4) is 0 Å². The number of carbonyl (C=O) groups is 2. The van der Waals surface area contributed by atoms with Gasteiger partial charge in [0, 0.05) is 32.2 Å². The van der Waals surface area contributed by atoms with Crippen LogP contribution in [0.15, 0.2) is 0 Å². The molecule has 0 spiro atoms. The van der Waals surface area contributed by atoms with Gasteiger partial charge in [-0.2, -0.15) is 0 Å². The van der Waals surface area contributed by atoms with Crippen LogP contribution in [0.25, 0.3) is 0 Å². The van der Waals surface area contributed by atoms with E-state index in [4.69, 9.17) is 0 Å². The molecule has 20 heavy (non-hydrogen) atoms. The summed E-state index contributed by atoms with van der Waals surface area (Å²) in [6.45, 7) is 12.8. The van der Waals surface area contributed by atoms with Crippen molar-refractivity contribution < 1.29 is 9.59 Å². The van der Waals surface area contributed by atoms with Crippen LogP contribution in [0.4, 0.5) is 0 Å². The van der Waals surface area contributed by atoms with Crippen molar-refractivity contribution >= 4 is 11.8 Å². The quantitative estimate of drug-likeness (QED) is 0.648. The molecule has 0 aromatic rings. The highest BCUT2D eigenvalue weighted by atomic mass is 16.2. The maximum atomic E-state index is 12.4. The molecule has 6 nitrogen and oxygen atoms in total. The lowest BCUT2D eigenvalue weighted by Gasteiger charge is -2.40. The molecule has 0 aromatic carbocycles. The van der Waals surface area contributed by atoms with E-state index in [1.54, 1.807) is 6.92 Å². The summed E-state index contributed by atoms with van der Waals surface area (Å²) in [5.74, 6) is -0.254. The van der Waals surface area contributed by atoms with Gasteiger partial charge in [-0.15, -0.1) is 0 Å². The first kappa shape index (κ1) is 16.9. The van der Waals surface area contributed by atoms with E-state index in [1.165, 1.54) is 0 Å². The Balaban J connectivity index is 2.57. The summed E-state index contributed by atoms with van der Waals surface area (Å²) < 4.78 is 0. The van der Waals surface area contributed by atoms with E-state index in [0.29, 0.717) is 0 Å². The number of nitrogens with zero attached hydrogens (tertiary/aromatic N) is 1. The van der Waals surface area contributed by atoms with Gasteiger partial charge in [0.1, 0.15) is 6.04 Å². The van der Waals surface area contributed by atoms with Gasteiger partial charge in [-0.25, -0.2) is 0 Å².